The summed E-state index contributed by atoms with van der Waals surface area (Å²) in [5, 5.41) is 2.72. The Morgan fingerprint density at radius 1 is 1.10 bits per heavy atom. The van der Waals surface area contributed by atoms with E-state index in [4.69, 9.17) is 11.6 Å². The topological polar surface area (TPSA) is 29.1 Å². The first kappa shape index (κ1) is 18.0. The van der Waals surface area contributed by atoms with Crippen LogP contribution in [0.1, 0.15) is 68.6 Å². The number of rotatable bonds is 10. The van der Waals surface area contributed by atoms with Crippen molar-refractivity contribution in [3.63, 3.8) is 0 Å². The molecule has 118 valence electrons. The van der Waals surface area contributed by atoms with Crippen molar-refractivity contribution in [3.05, 3.63) is 34.6 Å². The summed E-state index contributed by atoms with van der Waals surface area (Å²) in [5.74, 6) is -1.04. The highest BCUT2D eigenvalue weighted by molar-refractivity contribution is 6.31. The van der Waals surface area contributed by atoms with Gasteiger partial charge >= 0.3 is 0 Å². The molecule has 0 saturated carbocycles. The quantitative estimate of drug-likeness (QED) is 0.580. The van der Waals surface area contributed by atoms with Crippen LogP contribution in [-0.4, -0.2) is 12.5 Å². The van der Waals surface area contributed by atoms with Gasteiger partial charge in [-0.25, -0.2) is 4.39 Å². The number of unbranched alkanes of at least 4 members (excludes halogenated alkanes) is 7. The highest BCUT2D eigenvalue weighted by Gasteiger charge is 2.13. The Kier molecular flexibility index (Phi) is 9.07. The third kappa shape index (κ3) is 6.94. The van der Waals surface area contributed by atoms with Gasteiger partial charge in [-0.1, -0.05) is 69.5 Å². The van der Waals surface area contributed by atoms with Gasteiger partial charge in [-0.05, 0) is 18.6 Å². The smallest absolute Gasteiger partial charge is 0.254 e. The molecule has 0 atom stereocenters. The first-order valence-corrected chi connectivity index (χ1v) is 8.26. The maximum absolute atomic E-state index is 13.6. The van der Waals surface area contributed by atoms with E-state index in [1.807, 2.05) is 0 Å². The van der Waals surface area contributed by atoms with Crippen molar-refractivity contribution in [2.75, 3.05) is 6.54 Å². The van der Waals surface area contributed by atoms with Gasteiger partial charge in [0.2, 0.25) is 0 Å². The largest absolute Gasteiger partial charge is 0.352 e. The Morgan fingerprint density at radius 2 is 1.71 bits per heavy atom. The second-order valence-electron chi connectivity index (χ2n) is 5.33. The van der Waals surface area contributed by atoms with Crippen LogP contribution in [0, 0.1) is 5.82 Å². The van der Waals surface area contributed by atoms with Gasteiger partial charge in [0.15, 0.2) is 5.82 Å². The fraction of sp³-hybridized carbons (Fsp3) is 0.588. The van der Waals surface area contributed by atoms with Crippen molar-refractivity contribution in [1.82, 2.24) is 5.32 Å². The van der Waals surface area contributed by atoms with Crippen molar-refractivity contribution < 1.29 is 9.18 Å². The van der Waals surface area contributed by atoms with E-state index in [1.165, 1.54) is 50.7 Å². The monoisotopic (exact) mass is 313 g/mol. The van der Waals surface area contributed by atoms with Crippen molar-refractivity contribution in [1.29, 1.82) is 0 Å². The van der Waals surface area contributed by atoms with Crippen LogP contribution < -0.4 is 5.32 Å². The number of hydrogen-bond acceptors (Lipinski definition) is 1. The summed E-state index contributed by atoms with van der Waals surface area (Å²) >= 11 is 5.66. The maximum Gasteiger partial charge on any atom is 0.254 e. The molecule has 4 heteroatoms. The van der Waals surface area contributed by atoms with E-state index in [1.54, 1.807) is 6.07 Å². The summed E-state index contributed by atoms with van der Waals surface area (Å²) in [5.41, 5.74) is 0.0158. The Balaban J connectivity index is 2.13. The fourth-order valence-electron chi connectivity index (χ4n) is 2.24. The molecule has 0 aliphatic heterocycles. The average Bonchev–Trinajstić information content (AvgIpc) is 2.48. The van der Waals surface area contributed by atoms with E-state index in [0.717, 1.165) is 12.8 Å². The second kappa shape index (κ2) is 10.6. The molecule has 0 saturated heterocycles. The zero-order valence-electron chi connectivity index (χ0n) is 12.8. The number of halogens is 2. The molecular formula is C17H25ClFNO. The van der Waals surface area contributed by atoms with E-state index in [2.05, 4.69) is 12.2 Å². The molecule has 21 heavy (non-hydrogen) atoms. The predicted octanol–water partition coefficient (Wildman–Crippen LogP) is 5.35. The first-order chi connectivity index (χ1) is 10.2. The SMILES string of the molecule is CCCCCCCCCCNC(=O)c1cccc(Cl)c1F. The van der Waals surface area contributed by atoms with Gasteiger partial charge in [-0.2, -0.15) is 0 Å². The molecular weight excluding hydrogens is 289 g/mol. The lowest BCUT2D eigenvalue weighted by molar-refractivity contribution is 0.0949. The molecule has 0 radical (unpaired) electrons. The van der Waals surface area contributed by atoms with Gasteiger partial charge in [0.25, 0.3) is 5.91 Å². The molecule has 0 aliphatic carbocycles. The molecule has 0 aromatic heterocycles. The normalized spacial score (nSPS) is 10.6. The number of nitrogens with one attached hydrogen (secondary N) is 1. The first-order valence-electron chi connectivity index (χ1n) is 7.89. The Morgan fingerprint density at radius 3 is 2.38 bits per heavy atom. The van der Waals surface area contributed by atoms with Gasteiger partial charge in [0.1, 0.15) is 0 Å². The van der Waals surface area contributed by atoms with E-state index in [0.29, 0.717) is 6.54 Å². The highest BCUT2D eigenvalue weighted by atomic mass is 35.5. The molecule has 0 spiro atoms. The predicted molar refractivity (Wildman–Crippen MR) is 86.4 cm³/mol. The van der Waals surface area contributed by atoms with Crippen molar-refractivity contribution in [2.24, 2.45) is 0 Å². The number of hydrogen-bond donors (Lipinski definition) is 1. The van der Waals surface area contributed by atoms with Crippen LogP contribution in [-0.2, 0) is 0 Å². The zero-order valence-corrected chi connectivity index (χ0v) is 13.5. The van der Waals surface area contributed by atoms with E-state index >= 15 is 0 Å². The van der Waals surface area contributed by atoms with Crippen LogP contribution in [0.3, 0.4) is 0 Å². The molecule has 1 rings (SSSR count). The molecule has 0 fully saturated rings. The molecule has 1 N–H and O–H groups in total. The lowest BCUT2D eigenvalue weighted by Crippen LogP contribution is -2.25. The van der Waals surface area contributed by atoms with E-state index in [-0.39, 0.29) is 10.6 Å². The molecule has 0 unspecified atom stereocenters. The average molecular weight is 314 g/mol. The van der Waals surface area contributed by atoms with Crippen LogP contribution in [0.4, 0.5) is 4.39 Å². The van der Waals surface area contributed by atoms with Crippen molar-refractivity contribution in [2.45, 2.75) is 58.3 Å². The minimum absolute atomic E-state index is 0.0158. The lowest BCUT2D eigenvalue weighted by Gasteiger charge is -2.07. The third-order valence-electron chi connectivity index (χ3n) is 3.51. The van der Waals surface area contributed by atoms with E-state index < -0.39 is 11.7 Å². The van der Waals surface area contributed by atoms with Crippen LogP contribution in [0.2, 0.25) is 5.02 Å². The standard InChI is InChI=1S/C17H25ClFNO/c1-2-3-4-5-6-7-8-9-13-20-17(21)14-11-10-12-15(18)16(14)19/h10-12H,2-9,13H2,1H3,(H,20,21). The molecule has 1 aromatic carbocycles. The van der Waals surface area contributed by atoms with Gasteiger partial charge in [-0.3, -0.25) is 4.79 Å². The number of benzene rings is 1. The maximum atomic E-state index is 13.6. The highest BCUT2D eigenvalue weighted by Crippen LogP contribution is 2.17. The molecule has 2 nitrogen and oxygen atoms in total. The third-order valence-corrected chi connectivity index (χ3v) is 3.80. The summed E-state index contributed by atoms with van der Waals surface area (Å²) in [7, 11) is 0. The number of carbonyl (C=O) groups is 1. The van der Waals surface area contributed by atoms with E-state index in [9.17, 15) is 9.18 Å². The van der Waals surface area contributed by atoms with Crippen LogP contribution in [0.25, 0.3) is 0 Å². The lowest BCUT2D eigenvalue weighted by atomic mass is 10.1. The summed E-state index contributed by atoms with van der Waals surface area (Å²) in [6.45, 7) is 2.80. The van der Waals surface area contributed by atoms with Crippen LogP contribution in [0.5, 0.6) is 0 Å². The summed E-state index contributed by atoms with van der Waals surface area (Å²) in [6.07, 6.45) is 9.71. The molecule has 1 aromatic rings. The minimum atomic E-state index is -0.646. The van der Waals surface area contributed by atoms with Crippen molar-refractivity contribution in [3.8, 4) is 0 Å². The van der Waals surface area contributed by atoms with Crippen LogP contribution in [0.15, 0.2) is 18.2 Å². The van der Waals surface area contributed by atoms with Gasteiger partial charge < -0.3 is 5.32 Å². The molecule has 0 aliphatic rings. The molecule has 1 amide bonds. The summed E-state index contributed by atoms with van der Waals surface area (Å²) < 4.78 is 13.6. The fourth-order valence-corrected chi connectivity index (χ4v) is 2.41. The minimum Gasteiger partial charge on any atom is -0.352 e. The Labute approximate surface area is 132 Å². The number of carbonyl (C=O) groups excluding carboxylic acids is 1. The van der Waals surface area contributed by atoms with Crippen molar-refractivity contribution >= 4 is 17.5 Å². The summed E-state index contributed by atoms with van der Waals surface area (Å²) in [4.78, 5) is 11.8. The molecule has 0 heterocycles. The van der Waals surface area contributed by atoms with Crippen LogP contribution >= 0.6 is 11.6 Å². The zero-order chi connectivity index (χ0) is 15.5. The second-order valence-corrected chi connectivity index (χ2v) is 5.74. The number of amides is 1. The Hall–Kier alpha value is -1.09. The Bertz CT molecular complexity index is 437. The van der Waals surface area contributed by atoms with Gasteiger partial charge in [0.05, 0.1) is 10.6 Å². The van der Waals surface area contributed by atoms with Gasteiger partial charge in [0, 0.05) is 6.54 Å². The molecule has 0 bridgehead atoms. The summed E-state index contributed by atoms with van der Waals surface area (Å²) in [6, 6.07) is 4.47. The van der Waals surface area contributed by atoms with Gasteiger partial charge in [-0.15, -0.1) is 0 Å².